The first-order valence-corrected chi connectivity index (χ1v) is 8.37. The summed E-state index contributed by atoms with van der Waals surface area (Å²) < 4.78 is 0. The van der Waals surface area contributed by atoms with Crippen LogP contribution in [0.2, 0.25) is 0 Å². The van der Waals surface area contributed by atoms with Crippen molar-refractivity contribution in [2.75, 3.05) is 0 Å². The number of nitrogens with one attached hydrogen (secondary N) is 2. The summed E-state index contributed by atoms with van der Waals surface area (Å²) in [6.45, 7) is 1.76. The molecule has 0 spiro atoms. The highest BCUT2D eigenvalue weighted by Gasteiger charge is 2.24. The fraction of sp³-hybridized carbons (Fsp3) is 0.211. The highest BCUT2D eigenvalue weighted by Crippen LogP contribution is 2.22. The number of H-pyrrole nitrogens is 1. The van der Waals surface area contributed by atoms with Crippen LogP contribution in [-0.2, 0) is 12.8 Å². The summed E-state index contributed by atoms with van der Waals surface area (Å²) in [7, 11) is 0. The Bertz CT molecular complexity index is 1020. The van der Waals surface area contributed by atoms with E-state index in [1.54, 1.807) is 19.2 Å². The van der Waals surface area contributed by atoms with Crippen LogP contribution in [0.3, 0.4) is 0 Å². The lowest BCUT2D eigenvalue weighted by Crippen LogP contribution is -2.38. The lowest BCUT2D eigenvalue weighted by molar-refractivity contribution is 0.0937. The number of aromatic amines is 1. The molecule has 0 aliphatic heterocycles. The van der Waals surface area contributed by atoms with Gasteiger partial charge in [0.15, 0.2) is 0 Å². The fourth-order valence-electron chi connectivity index (χ4n) is 3.23. The molecule has 2 aromatic heterocycles. The number of fused-ring (bicyclic) bond motifs is 1. The molecule has 2 heterocycles. The molecule has 1 aliphatic rings. The average Bonchev–Trinajstić information content (AvgIpc) is 3.04. The molecule has 2 N–H and O–H groups in total. The van der Waals surface area contributed by atoms with Gasteiger partial charge in [-0.2, -0.15) is 5.10 Å². The maximum Gasteiger partial charge on any atom is 0.277 e. The zero-order valence-corrected chi connectivity index (χ0v) is 14.2. The minimum absolute atomic E-state index is 0.0165. The van der Waals surface area contributed by atoms with Crippen molar-refractivity contribution in [3.8, 4) is 11.4 Å². The van der Waals surface area contributed by atoms with Gasteiger partial charge in [0.25, 0.3) is 11.5 Å². The Labute approximate surface area is 149 Å². The molecule has 0 atom stereocenters. The van der Waals surface area contributed by atoms with Crippen LogP contribution in [0.1, 0.15) is 27.3 Å². The lowest BCUT2D eigenvalue weighted by Gasteiger charge is -2.12. The Morgan fingerprint density at radius 2 is 1.88 bits per heavy atom. The van der Waals surface area contributed by atoms with Crippen molar-refractivity contribution in [2.24, 2.45) is 0 Å². The topological polar surface area (TPSA) is 101 Å². The molecular weight excluding hydrogens is 330 g/mol. The van der Waals surface area contributed by atoms with E-state index in [-0.39, 0.29) is 11.6 Å². The van der Waals surface area contributed by atoms with E-state index < -0.39 is 11.5 Å². The van der Waals surface area contributed by atoms with Gasteiger partial charge in [0.05, 0.1) is 5.69 Å². The molecule has 0 fully saturated rings. The van der Waals surface area contributed by atoms with Crippen LogP contribution in [-0.4, -0.2) is 32.1 Å². The van der Waals surface area contributed by atoms with Crippen LogP contribution in [0.15, 0.2) is 47.4 Å². The monoisotopic (exact) mass is 347 g/mol. The maximum atomic E-state index is 12.6. The van der Waals surface area contributed by atoms with E-state index in [9.17, 15) is 9.59 Å². The Hall–Kier alpha value is -3.35. The van der Waals surface area contributed by atoms with Crippen LogP contribution in [0.5, 0.6) is 0 Å². The van der Waals surface area contributed by atoms with Crippen LogP contribution in [0, 0.1) is 6.92 Å². The molecule has 3 aromatic rings. The molecule has 7 nitrogen and oxygen atoms in total. The minimum Gasteiger partial charge on any atom is -0.348 e. The van der Waals surface area contributed by atoms with Gasteiger partial charge in [-0.1, -0.05) is 24.3 Å². The second kappa shape index (κ2) is 6.51. The van der Waals surface area contributed by atoms with Crippen LogP contribution < -0.4 is 10.9 Å². The predicted octanol–water partition coefficient (Wildman–Crippen LogP) is 1.43. The highest BCUT2D eigenvalue weighted by molar-refractivity contribution is 5.94. The first kappa shape index (κ1) is 16.1. The highest BCUT2D eigenvalue weighted by atomic mass is 16.2. The van der Waals surface area contributed by atoms with Gasteiger partial charge in [-0.05, 0) is 43.0 Å². The number of carbonyl (C=O) groups is 1. The number of hydrogen-bond donors (Lipinski definition) is 2. The van der Waals surface area contributed by atoms with E-state index >= 15 is 0 Å². The van der Waals surface area contributed by atoms with Crippen molar-refractivity contribution >= 4 is 5.91 Å². The molecule has 0 radical (unpaired) electrons. The molecule has 1 amide bonds. The molecule has 0 saturated heterocycles. The molecule has 7 heteroatoms. The Kier molecular flexibility index (Phi) is 4.04. The van der Waals surface area contributed by atoms with Gasteiger partial charge in [-0.25, -0.2) is 15.1 Å². The Morgan fingerprint density at radius 3 is 2.58 bits per heavy atom. The summed E-state index contributed by atoms with van der Waals surface area (Å²) in [5.74, 6) is 0.184. The van der Waals surface area contributed by atoms with E-state index in [2.05, 4.69) is 37.6 Å². The summed E-state index contributed by atoms with van der Waals surface area (Å²) in [5, 5.41) is 9.33. The zero-order valence-electron chi connectivity index (χ0n) is 14.2. The molecule has 0 unspecified atom stereocenters. The average molecular weight is 347 g/mol. The van der Waals surface area contributed by atoms with Crippen LogP contribution >= 0.6 is 0 Å². The summed E-state index contributed by atoms with van der Waals surface area (Å²) in [5.41, 5.74) is 2.96. The third kappa shape index (κ3) is 3.11. The van der Waals surface area contributed by atoms with Crippen molar-refractivity contribution in [3.05, 3.63) is 75.5 Å². The molecule has 130 valence electrons. The number of nitrogens with zero attached hydrogens (tertiary/aromatic N) is 3. The van der Waals surface area contributed by atoms with Gasteiger partial charge < -0.3 is 5.32 Å². The summed E-state index contributed by atoms with van der Waals surface area (Å²) >= 11 is 0. The summed E-state index contributed by atoms with van der Waals surface area (Å²) in [6.07, 6.45) is 3.14. The molecule has 1 aliphatic carbocycles. The molecule has 1 aromatic carbocycles. The summed E-state index contributed by atoms with van der Waals surface area (Å²) in [4.78, 5) is 33.0. The number of aryl methyl sites for hydroxylation is 1. The van der Waals surface area contributed by atoms with E-state index in [1.165, 1.54) is 17.2 Å². The van der Waals surface area contributed by atoms with Gasteiger partial charge in [0.2, 0.25) is 0 Å². The van der Waals surface area contributed by atoms with Crippen molar-refractivity contribution in [1.82, 2.24) is 25.5 Å². The molecule has 0 bridgehead atoms. The largest absolute Gasteiger partial charge is 0.348 e. The van der Waals surface area contributed by atoms with Gasteiger partial charge in [0, 0.05) is 12.2 Å². The fourth-order valence-corrected chi connectivity index (χ4v) is 3.23. The number of amides is 1. The second-order valence-corrected chi connectivity index (χ2v) is 6.33. The first-order valence-electron chi connectivity index (χ1n) is 8.37. The molecule has 26 heavy (non-hydrogen) atoms. The van der Waals surface area contributed by atoms with E-state index in [0.29, 0.717) is 17.2 Å². The number of rotatable bonds is 3. The van der Waals surface area contributed by atoms with Gasteiger partial charge in [0.1, 0.15) is 17.1 Å². The van der Waals surface area contributed by atoms with E-state index in [1.807, 2.05) is 12.1 Å². The first-order chi connectivity index (χ1) is 12.6. The van der Waals surface area contributed by atoms with Crippen molar-refractivity contribution in [3.63, 3.8) is 0 Å². The zero-order chi connectivity index (χ0) is 18.1. The van der Waals surface area contributed by atoms with E-state index in [0.717, 1.165) is 12.8 Å². The minimum atomic E-state index is -0.521. The second-order valence-electron chi connectivity index (χ2n) is 6.33. The van der Waals surface area contributed by atoms with Crippen molar-refractivity contribution in [1.29, 1.82) is 0 Å². The maximum absolute atomic E-state index is 12.6. The van der Waals surface area contributed by atoms with Crippen molar-refractivity contribution in [2.45, 2.75) is 25.8 Å². The van der Waals surface area contributed by atoms with Crippen LogP contribution in [0.4, 0.5) is 0 Å². The normalized spacial score (nSPS) is 13.4. The molecule has 4 rings (SSSR count). The molecular formula is C19H17N5O2. The van der Waals surface area contributed by atoms with Gasteiger partial charge in [-0.15, -0.1) is 0 Å². The lowest BCUT2D eigenvalue weighted by atomic mass is 10.1. The summed E-state index contributed by atoms with van der Waals surface area (Å²) in [6, 6.07) is 11.3. The molecule has 0 saturated carbocycles. The quantitative estimate of drug-likeness (QED) is 0.746. The number of hydrogen-bond acceptors (Lipinski definition) is 5. The number of benzene rings is 1. The Morgan fingerprint density at radius 1 is 1.15 bits per heavy atom. The number of carbonyl (C=O) groups excluding carboxylic acids is 1. The third-order valence-electron chi connectivity index (χ3n) is 4.47. The smallest absolute Gasteiger partial charge is 0.277 e. The van der Waals surface area contributed by atoms with E-state index in [4.69, 9.17) is 0 Å². The third-order valence-corrected chi connectivity index (χ3v) is 4.47. The number of aromatic nitrogens is 4. The van der Waals surface area contributed by atoms with Crippen LogP contribution in [0.25, 0.3) is 11.4 Å². The van der Waals surface area contributed by atoms with Gasteiger partial charge >= 0.3 is 0 Å². The SMILES string of the molecule is Cc1nccc(-c2cc(C(=O)NC3Cc4ccccc4C3)c(=O)[nH]n2)n1. The predicted molar refractivity (Wildman–Crippen MR) is 95.7 cm³/mol. The standard InChI is InChI=1S/C19H17N5O2/c1-11-20-7-6-16(21-11)17-10-15(19(26)24-23-17)18(25)22-14-8-12-4-2-3-5-13(12)9-14/h2-7,10,14H,8-9H2,1H3,(H,22,25)(H,24,26). The Balaban J connectivity index is 1.57. The van der Waals surface area contributed by atoms with Gasteiger partial charge in [-0.3, -0.25) is 9.59 Å². The van der Waals surface area contributed by atoms with Crippen molar-refractivity contribution < 1.29 is 4.79 Å².